The minimum absolute atomic E-state index is 0.685. The molecule has 0 amide bonds. The van der Waals surface area contributed by atoms with E-state index in [-0.39, 0.29) is 0 Å². The Hall–Kier alpha value is -2.24. The van der Waals surface area contributed by atoms with Crippen LogP contribution in [-0.2, 0) is 0 Å². The average molecular weight is 291 g/mol. The molecule has 104 valence electrons. The minimum Gasteiger partial charge on any atom is -0.256 e. The fourth-order valence-electron chi connectivity index (χ4n) is 1.95. The van der Waals surface area contributed by atoms with Gasteiger partial charge in [-0.05, 0) is 22.8 Å². The van der Waals surface area contributed by atoms with Gasteiger partial charge >= 0.3 is 0 Å². The summed E-state index contributed by atoms with van der Waals surface area (Å²) < 4.78 is 0. The number of hydrogen-bond acceptors (Lipinski definition) is 1. The molecule has 0 spiro atoms. The van der Waals surface area contributed by atoms with Gasteiger partial charge in [0, 0.05) is 14.1 Å². The lowest BCUT2D eigenvalue weighted by Crippen LogP contribution is -2.16. The summed E-state index contributed by atoms with van der Waals surface area (Å²) >= 11 is 0. The van der Waals surface area contributed by atoms with Crippen molar-refractivity contribution in [2.75, 3.05) is 0 Å². The van der Waals surface area contributed by atoms with E-state index in [2.05, 4.69) is 66.7 Å². The Morgan fingerprint density at radius 2 is 1.38 bits per heavy atom. The van der Waals surface area contributed by atoms with Crippen LogP contribution < -0.4 is 10.6 Å². The Morgan fingerprint density at radius 3 is 1.81 bits per heavy atom. The van der Waals surface area contributed by atoms with Crippen LogP contribution in [0.25, 0.3) is 0 Å². The lowest BCUT2D eigenvalue weighted by atomic mass is 10.4. The first-order valence-electron chi connectivity index (χ1n) is 6.75. The average Bonchev–Trinajstić information content (AvgIpc) is 2.56. The predicted molar refractivity (Wildman–Crippen MR) is 96.0 cm³/mol. The molecule has 0 bridgehead atoms. The first-order chi connectivity index (χ1) is 10.4. The Morgan fingerprint density at radius 1 is 0.857 bits per heavy atom. The Balaban J connectivity index is 2.50. The van der Waals surface area contributed by atoms with E-state index >= 15 is 0 Å². The first-order valence-corrected chi connectivity index (χ1v) is 8.09. The number of hydrogen-bond donors (Lipinski definition) is 0. The third-order valence-corrected chi connectivity index (χ3v) is 5.25. The molecule has 0 saturated carbocycles. The van der Waals surface area contributed by atoms with Crippen LogP contribution in [0.1, 0.15) is 0 Å². The zero-order valence-corrected chi connectivity index (χ0v) is 12.8. The largest absolute Gasteiger partial charge is 0.256 e. The fourth-order valence-corrected chi connectivity index (χ4v) is 4.08. The lowest BCUT2D eigenvalue weighted by Gasteiger charge is -2.18. The van der Waals surface area contributed by atoms with Crippen LogP contribution in [0.4, 0.5) is 0 Å². The highest BCUT2D eigenvalue weighted by atomic mass is 31.1. The third kappa shape index (κ3) is 4.11. The smallest absolute Gasteiger partial charge is 0.0715 e. The molecule has 21 heavy (non-hydrogen) atoms. The summed E-state index contributed by atoms with van der Waals surface area (Å²) in [6.45, 7) is 7.61. The molecule has 1 nitrogen and oxygen atoms in total. The van der Waals surface area contributed by atoms with Gasteiger partial charge in [-0.15, -0.1) is 0 Å². The summed E-state index contributed by atoms with van der Waals surface area (Å²) in [6, 6.07) is 20.9. The van der Waals surface area contributed by atoms with Gasteiger partial charge in [0.2, 0.25) is 0 Å². The molecule has 0 heterocycles. The van der Waals surface area contributed by atoms with Crippen molar-refractivity contribution < 1.29 is 0 Å². The van der Waals surface area contributed by atoms with Crippen LogP contribution in [-0.4, -0.2) is 5.45 Å². The molecule has 0 aliphatic heterocycles. The van der Waals surface area contributed by atoms with E-state index in [1.807, 2.05) is 24.3 Å². The number of rotatable bonds is 6. The van der Waals surface area contributed by atoms with Crippen LogP contribution in [0.15, 0.2) is 103 Å². The molecule has 0 saturated heterocycles. The van der Waals surface area contributed by atoms with E-state index in [1.165, 1.54) is 10.6 Å². The van der Waals surface area contributed by atoms with Gasteiger partial charge in [0.25, 0.3) is 0 Å². The minimum atomic E-state index is -0.685. The molecule has 0 unspecified atom stereocenters. The maximum Gasteiger partial charge on any atom is 0.0715 e. The molecule has 0 aliphatic rings. The molecular formula is C19H18NP. The summed E-state index contributed by atoms with van der Waals surface area (Å²) in [5, 5.41) is 2.54. The highest BCUT2D eigenvalue weighted by Crippen LogP contribution is 2.36. The van der Waals surface area contributed by atoms with Gasteiger partial charge in [-0.1, -0.05) is 79.9 Å². The van der Waals surface area contributed by atoms with Crippen molar-refractivity contribution >= 4 is 24.0 Å². The van der Waals surface area contributed by atoms with Gasteiger partial charge < -0.3 is 0 Å². The van der Waals surface area contributed by atoms with Crippen molar-refractivity contribution in [2.24, 2.45) is 4.99 Å². The first kappa shape index (κ1) is 15.2. The molecular weight excluding hydrogens is 273 g/mol. The van der Waals surface area contributed by atoms with Gasteiger partial charge in [-0.2, -0.15) is 0 Å². The van der Waals surface area contributed by atoms with Crippen molar-refractivity contribution in [3.63, 3.8) is 0 Å². The monoisotopic (exact) mass is 291 g/mol. The van der Waals surface area contributed by atoms with Gasteiger partial charge in [0.05, 0.1) is 5.45 Å². The summed E-state index contributed by atoms with van der Waals surface area (Å²) in [5.74, 6) is 0. The van der Waals surface area contributed by atoms with Crippen LogP contribution in [0.3, 0.4) is 0 Å². The van der Waals surface area contributed by atoms with E-state index in [1.54, 1.807) is 12.3 Å². The van der Waals surface area contributed by atoms with Crippen molar-refractivity contribution in [3.8, 4) is 0 Å². The van der Waals surface area contributed by atoms with Crippen molar-refractivity contribution in [1.29, 1.82) is 0 Å². The van der Waals surface area contributed by atoms with Crippen molar-refractivity contribution in [2.45, 2.75) is 0 Å². The van der Waals surface area contributed by atoms with Gasteiger partial charge in [0.15, 0.2) is 0 Å². The highest BCUT2D eigenvalue weighted by molar-refractivity contribution is 7.88. The number of benzene rings is 2. The van der Waals surface area contributed by atoms with Crippen LogP contribution in [0.5, 0.6) is 0 Å². The van der Waals surface area contributed by atoms with Crippen LogP contribution in [0.2, 0.25) is 0 Å². The number of nitrogens with zero attached hydrogens (tertiary/aromatic N) is 1. The van der Waals surface area contributed by atoms with Crippen LogP contribution >= 0.6 is 7.92 Å². The zero-order chi connectivity index (χ0) is 14.9. The molecule has 2 rings (SSSR count). The molecule has 0 aliphatic carbocycles. The third-order valence-electron chi connectivity index (χ3n) is 2.87. The van der Waals surface area contributed by atoms with Crippen molar-refractivity contribution in [1.82, 2.24) is 0 Å². The van der Waals surface area contributed by atoms with E-state index in [4.69, 9.17) is 0 Å². The predicted octanol–water partition coefficient (Wildman–Crippen LogP) is 4.40. The lowest BCUT2D eigenvalue weighted by molar-refractivity contribution is 1.59. The van der Waals surface area contributed by atoms with Gasteiger partial charge in [-0.3, -0.25) is 4.99 Å². The SMILES string of the molecule is C=C/C=C\N=C(C=C)P(c1ccccc1)c1ccccc1. The second-order valence-corrected chi connectivity index (χ2v) is 6.44. The van der Waals surface area contributed by atoms with E-state index in [0.29, 0.717) is 0 Å². The molecule has 2 aromatic carbocycles. The second-order valence-electron chi connectivity index (χ2n) is 4.28. The van der Waals surface area contributed by atoms with Gasteiger partial charge in [-0.25, -0.2) is 0 Å². The quantitative estimate of drug-likeness (QED) is 0.425. The Bertz CT molecular complexity index is 602. The molecule has 0 atom stereocenters. The summed E-state index contributed by atoms with van der Waals surface area (Å²) in [6.07, 6.45) is 7.16. The van der Waals surface area contributed by atoms with E-state index in [0.717, 1.165) is 5.45 Å². The molecule has 0 aromatic heterocycles. The maximum absolute atomic E-state index is 4.56. The second kappa shape index (κ2) is 8.14. The Labute approximate surface area is 127 Å². The topological polar surface area (TPSA) is 12.4 Å². The Kier molecular flexibility index (Phi) is 5.87. The van der Waals surface area contributed by atoms with Crippen molar-refractivity contribution in [3.05, 3.63) is 98.2 Å². The molecule has 0 fully saturated rings. The molecule has 0 N–H and O–H groups in total. The summed E-state index contributed by atoms with van der Waals surface area (Å²) in [5.41, 5.74) is 0.987. The normalized spacial score (nSPS) is 11.8. The fraction of sp³-hybridized carbons (Fsp3) is 0. The molecule has 2 heteroatoms. The van der Waals surface area contributed by atoms with Gasteiger partial charge in [0.1, 0.15) is 0 Å². The maximum atomic E-state index is 4.56. The standard InChI is InChI=1S/C19H18NP/c1-3-5-16-20-19(4-2)21(17-12-8-6-9-13-17)18-14-10-7-11-15-18/h3-16H,1-2H2/b16-5-,20-19?. The molecule has 0 radical (unpaired) electrons. The molecule has 2 aromatic rings. The van der Waals surface area contributed by atoms with Crippen LogP contribution in [0, 0.1) is 0 Å². The number of aliphatic imine (C=N–C) groups is 1. The highest BCUT2D eigenvalue weighted by Gasteiger charge is 2.17. The zero-order valence-electron chi connectivity index (χ0n) is 11.9. The number of allylic oxidation sites excluding steroid dienone is 3. The van der Waals surface area contributed by atoms with E-state index < -0.39 is 7.92 Å². The summed E-state index contributed by atoms with van der Waals surface area (Å²) in [4.78, 5) is 4.56. The van der Waals surface area contributed by atoms with E-state index in [9.17, 15) is 0 Å². The summed E-state index contributed by atoms with van der Waals surface area (Å²) in [7, 11) is -0.685.